The van der Waals surface area contributed by atoms with Crippen LogP contribution in [0.25, 0.3) is 0 Å². The number of hydrogen-bond acceptors (Lipinski definition) is 4. The van der Waals surface area contributed by atoms with Gasteiger partial charge in [0.15, 0.2) is 5.82 Å². The van der Waals surface area contributed by atoms with Crippen LogP contribution in [0.1, 0.15) is 39.0 Å². The minimum Gasteiger partial charge on any atom is -0.349 e. The number of aromatic nitrogens is 1. The first-order chi connectivity index (χ1) is 12.7. The van der Waals surface area contributed by atoms with Gasteiger partial charge in [-0.3, -0.25) is 14.4 Å². The van der Waals surface area contributed by atoms with Gasteiger partial charge in [-0.2, -0.15) is 5.26 Å². The third-order valence-corrected chi connectivity index (χ3v) is 3.96. The van der Waals surface area contributed by atoms with Crippen molar-refractivity contribution in [1.29, 1.82) is 5.26 Å². The van der Waals surface area contributed by atoms with Gasteiger partial charge in [0.2, 0.25) is 0 Å². The molecule has 2 aromatic rings. The Hall–Kier alpha value is -3.54. The van der Waals surface area contributed by atoms with Crippen molar-refractivity contribution in [2.75, 3.05) is 11.9 Å². The van der Waals surface area contributed by atoms with E-state index >= 15 is 0 Å². The molecule has 1 heterocycles. The number of amides is 2. The number of likely N-dealkylation sites (N-methyl/N-ethyl adjacent to an activating group) is 1. The van der Waals surface area contributed by atoms with E-state index in [2.05, 4.69) is 10.6 Å². The SMILES string of the molecule is CCNC(=O)C(=O)c1c(F)c(C(=O)Nc2ccc(F)c(C#N)c2)c(C)n1C. The fourth-order valence-electron chi connectivity index (χ4n) is 2.51. The first kappa shape index (κ1) is 19.8. The number of carbonyl (C=O) groups is 3. The van der Waals surface area contributed by atoms with E-state index in [4.69, 9.17) is 5.26 Å². The molecule has 2 rings (SSSR count). The fraction of sp³-hybridized carbons (Fsp3) is 0.222. The number of hydrogen-bond donors (Lipinski definition) is 2. The average Bonchev–Trinajstić information content (AvgIpc) is 2.85. The minimum absolute atomic E-state index is 0.0807. The second kappa shape index (κ2) is 7.78. The molecule has 140 valence electrons. The number of nitrogens with one attached hydrogen (secondary N) is 2. The lowest BCUT2D eigenvalue weighted by atomic mass is 10.1. The molecule has 0 radical (unpaired) electrons. The Balaban J connectivity index is 2.40. The van der Waals surface area contributed by atoms with Crippen LogP contribution >= 0.6 is 0 Å². The standard InChI is InChI=1S/C18H16F2N4O3/c1-4-22-18(27)16(25)15-14(20)13(9(2)24(15)3)17(26)23-11-5-6-12(19)10(7-11)8-21/h5-7H,4H2,1-3H3,(H,22,27)(H,23,26). The van der Waals surface area contributed by atoms with Crippen molar-refractivity contribution in [2.45, 2.75) is 13.8 Å². The van der Waals surface area contributed by atoms with Crippen molar-refractivity contribution >= 4 is 23.3 Å². The molecular formula is C18H16F2N4O3. The zero-order chi connectivity index (χ0) is 20.3. The van der Waals surface area contributed by atoms with Gasteiger partial charge in [-0.05, 0) is 32.0 Å². The van der Waals surface area contributed by atoms with E-state index < -0.39 is 40.5 Å². The third kappa shape index (κ3) is 3.69. The number of anilines is 1. The van der Waals surface area contributed by atoms with Crippen LogP contribution in [-0.2, 0) is 11.8 Å². The maximum atomic E-state index is 14.8. The molecule has 1 aromatic carbocycles. The number of nitrogens with zero attached hydrogens (tertiary/aromatic N) is 2. The summed E-state index contributed by atoms with van der Waals surface area (Å²) in [5.41, 5.74) is -1.05. The monoisotopic (exact) mass is 374 g/mol. The Bertz CT molecular complexity index is 989. The van der Waals surface area contributed by atoms with E-state index in [0.29, 0.717) is 0 Å². The van der Waals surface area contributed by atoms with Crippen LogP contribution in [0.15, 0.2) is 18.2 Å². The predicted molar refractivity (Wildman–Crippen MR) is 92.2 cm³/mol. The molecule has 0 unspecified atom stereocenters. The van der Waals surface area contributed by atoms with Crippen LogP contribution in [-0.4, -0.2) is 28.7 Å². The summed E-state index contributed by atoms with van der Waals surface area (Å²) < 4.78 is 29.3. The molecular weight excluding hydrogens is 358 g/mol. The number of benzene rings is 1. The Morgan fingerprint density at radius 2 is 1.93 bits per heavy atom. The number of rotatable bonds is 5. The molecule has 0 saturated carbocycles. The quantitative estimate of drug-likeness (QED) is 0.617. The van der Waals surface area contributed by atoms with Gasteiger partial charge in [-0.25, -0.2) is 8.78 Å². The van der Waals surface area contributed by atoms with Gasteiger partial charge in [0.25, 0.3) is 17.6 Å². The average molecular weight is 374 g/mol. The molecule has 0 bridgehead atoms. The van der Waals surface area contributed by atoms with Crippen molar-refractivity contribution < 1.29 is 23.2 Å². The van der Waals surface area contributed by atoms with Crippen LogP contribution in [0, 0.1) is 29.9 Å². The topological polar surface area (TPSA) is 104 Å². The molecule has 0 spiro atoms. The Labute approximate surface area is 153 Å². The Morgan fingerprint density at radius 1 is 1.26 bits per heavy atom. The number of nitriles is 1. The van der Waals surface area contributed by atoms with E-state index in [9.17, 15) is 23.2 Å². The second-order valence-electron chi connectivity index (χ2n) is 5.63. The highest BCUT2D eigenvalue weighted by Gasteiger charge is 2.31. The first-order valence-electron chi connectivity index (χ1n) is 7.91. The van der Waals surface area contributed by atoms with E-state index in [1.54, 1.807) is 13.0 Å². The van der Waals surface area contributed by atoms with Gasteiger partial charge in [0, 0.05) is 25.0 Å². The lowest BCUT2D eigenvalue weighted by Gasteiger charge is -2.06. The highest BCUT2D eigenvalue weighted by atomic mass is 19.1. The summed E-state index contributed by atoms with van der Waals surface area (Å²) in [6, 6.07) is 4.94. The van der Waals surface area contributed by atoms with Crippen LogP contribution in [0.3, 0.4) is 0 Å². The largest absolute Gasteiger partial charge is 0.349 e. The highest BCUT2D eigenvalue weighted by molar-refractivity contribution is 6.42. The molecule has 27 heavy (non-hydrogen) atoms. The predicted octanol–water partition coefficient (Wildman–Crippen LogP) is 2.05. The molecule has 9 heteroatoms. The summed E-state index contributed by atoms with van der Waals surface area (Å²) in [6.07, 6.45) is 0. The van der Waals surface area contributed by atoms with Gasteiger partial charge < -0.3 is 15.2 Å². The van der Waals surface area contributed by atoms with Crippen LogP contribution in [0.5, 0.6) is 0 Å². The summed E-state index contributed by atoms with van der Waals surface area (Å²) in [7, 11) is 1.35. The van der Waals surface area contributed by atoms with Crippen molar-refractivity contribution in [1.82, 2.24) is 9.88 Å². The first-order valence-corrected chi connectivity index (χ1v) is 7.91. The van der Waals surface area contributed by atoms with Gasteiger partial charge in [-0.15, -0.1) is 0 Å². The second-order valence-corrected chi connectivity index (χ2v) is 5.63. The Morgan fingerprint density at radius 3 is 2.52 bits per heavy atom. The van der Waals surface area contributed by atoms with E-state index in [0.717, 1.165) is 16.7 Å². The number of ketones is 1. The lowest BCUT2D eigenvalue weighted by molar-refractivity contribution is -0.116. The van der Waals surface area contributed by atoms with Crippen molar-refractivity contribution in [2.24, 2.45) is 7.05 Å². The van der Waals surface area contributed by atoms with E-state index in [1.807, 2.05) is 0 Å². The summed E-state index contributed by atoms with van der Waals surface area (Å²) >= 11 is 0. The number of Topliss-reactive ketones (excluding diaryl/α,β-unsaturated/α-hetero) is 1. The molecule has 0 aliphatic carbocycles. The molecule has 0 aliphatic heterocycles. The maximum absolute atomic E-state index is 14.8. The Kier molecular flexibility index (Phi) is 5.70. The van der Waals surface area contributed by atoms with Crippen LogP contribution < -0.4 is 10.6 Å². The summed E-state index contributed by atoms with van der Waals surface area (Å²) in [4.78, 5) is 36.4. The van der Waals surface area contributed by atoms with Gasteiger partial charge in [-0.1, -0.05) is 0 Å². The molecule has 2 amide bonds. The smallest absolute Gasteiger partial charge is 0.294 e. The molecule has 0 atom stereocenters. The molecule has 7 nitrogen and oxygen atoms in total. The zero-order valence-corrected chi connectivity index (χ0v) is 14.8. The summed E-state index contributed by atoms with van der Waals surface area (Å²) in [5, 5.41) is 13.5. The molecule has 1 aromatic heterocycles. The molecule has 0 saturated heterocycles. The molecule has 0 aliphatic rings. The van der Waals surface area contributed by atoms with Crippen molar-refractivity contribution in [3.05, 3.63) is 52.3 Å². The maximum Gasteiger partial charge on any atom is 0.294 e. The van der Waals surface area contributed by atoms with Crippen LogP contribution in [0.2, 0.25) is 0 Å². The normalized spacial score (nSPS) is 10.2. The minimum atomic E-state index is -1.13. The third-order valence-electron chi connectivity index (χ3n) is 3.96. The number of carbonyl (C=O) groups excluding carboxylic acids is 3. The van der Waals surface area contributed by atoms with E-state index in [-0.39, 0.29) is 23.5 Å². The van der Waals surface area contributed by atoms with Gasteiger partial charge in [0.1, 0.15) is 17.6 Å². The van der Waals surface area contributed by atoms with Crippen LogP contribution in [0.4, 0.5) is 14.5 Å². The zero-order valence-electron chi connectivity index (χ0n) is 14.8. The number of halogens is 2. The highest BCUT2D eigenvalue weighted by Crippen LogP contribution is 2.23. The summed E-state index contributed by atoms with van der Waals surface area (Å²) in [6.45, 7) is 3.21. The fourth-order valence-corrected chi connectivity index (χ4v) is 2.51. The van der Waals surface area contributed by atoms with Crippen molar-refractivity contribution in [3.8, 4) is 6.07 Å². The van der Waals surface area contributed by atoms with Gasteiger partial charge in [0.05, 0.1) is 11.1 Å². The summed E-state index contributed by atoms with van der Waals surface area (Å²) in [5.74, 6) is -4.88. The molecule has 0 fully saturated rings. The van der Waals surface area contributed by atoms with Crippen molar-refractivity contribution in [3.63, 3.8) is 0 Å². The molecule has 2 N–H and O–H groups in total. The lowest BCUT2D eigenvalue weighted by Crippen LogP contribution is -2.32. The van der Waals surface area contributed by atoms with E-state index in [1.165, 1.54) is 20.0 Å². The van der Waals surface area contributed by atoms with Gasteiger partial charge >= 0.3 is 0 Å².